The number of rotatable bonds is 3. The molecule has 4 nitrogen and oxygen atoms in total. The molecule has 23 heavy (non-hydrogen) atoms. The van der Waals surface area contributed by atoms with E-state index in [-0.39, 0.29) is 16.4 Å². The fraction of sp³-hybridized carbons (Fsp3) is 0.231. The van der Waals surface area contributed by atoms with Crippen molar-refractivity contribution in [1.29, 1.82) is 0 Å². The van der Waals surface area contributed by atoms with E-state index < -0.39 is 29.3 Å². The average molecular weight is 387 g/mol. The van der Waals surface area contributed by atoms with Gasteiger partial charge in [-0.05, 0) is 25.1 Å². The third kappa shape index (κ3) is 4.10. The Kier molecular flexibility index (Phi) is 5.13. The number of aromatic nitrogens is 2. The van der Waals surface area contributed by atoms with Crippen LogP contribution in [0.1, 0.15) is 11.4 Å². The van der Waals surface area contributed by atoms with Crippen LogP contribution in [0, 0.1) is 6.92 Å². The van der Waals surface area contributed by atoms with Crippen LogP contribution in [0.4, 0.5) is 18.9 Å². The largest absolute Gasteiger partial charge is 0.436 e. The van der Waals surface area contributed by atoms with Gasteiger partial charge in [-0.1, -0.05) is 34.8 Å². The Labute approximate surface area is 144 Å². The predicted octanol–water partition coefficient (Wildman–Crippen LogP) is 4.81. The zero-order valence-electron chi connectivity index (χ0n) is 11.5. The molecule has 1 heterocycles. The van der Waals surface area contributed by atoms with E-state index in [1.54, 1.807) is 0 Å². The number of hydrogen-bond acceptors (Lipinski definition) is 2. The van der Waals surface area contributed by atoms with E-state index >= 15 is 0 Å². The highest BCUT2D eigenvalue weighted by atomic mass is 35.5. The highest BCUT2D eigenvalue weighted by Gasteiger charge is 2.38. The van der Waals surface area contributed by atoms with Crippen molar-refractivity contribution in [3.05, 3.63) is 44.7 Å². The van der Waals surface area contributed by atoms with Crippen molar-refractivity contribution in [2.75, 3.05) is 5.32 Å². The van der Waals surface area contributed by atoms with Crippen molar-refractivity contribution in [2.45, 2.75) is 19.6 Å². The molecule has 1 amide bonds. The van der Waals surface area contributed by atoms with Gasteiger partial charge in [-0.15, -0.1) is 0 Å². The van der Waals surface area contributed by atoms with E-state index in [4.69, 9.17) is 34.8 Å². The van der Waals surface area contributed by atoms with Gasteiger partial charge in [0.05, 0.1) is 21.4 Å². The molecule has 0 unspecified atom stereocenters. The number of halogens is 6. The Bertz CT molecular complexity index is 759. The summed E-state index contributed by atoms with van der Waals surface area (Å²) < 4.78 is 39.1. The number of nitrogens with one attached hydrogen (secondary N) is 1. The van der Waals surface area contributed by atoms with Crippen molar-refractivity contribution < 1.29 is 18.0 Å². The maximum absolute atomic E-state index is 12.7. The van der Waals surface area contributed by atoms with Gasteiger partial charge in [0.15, 0.2) is 5.69 Å². The maximum atomic E-state index is 12.7. The fourth-order valence-electron chi connectivity index (χ4n) is 1.78. The Morgan fingerprint density at radius 3 is 2.48 bits per heavy atom. The molecule has 1 aromatic heterocycles. The lowest BCUT2D eigenvalue weighted by molar-refractivity contribution is -0.141. The molecule has 0 aliphatic rings. The lowest BCUT2D eigenvalue weighted by atomic mass is 10.3. The molecule has 0 aliphatic carbocycles. The van der Waals surface area contributed by atoms with Gasteiger partial charge in [-0.2, -0.15) is 18.3 Å². The zero-order chi connectivity index (χ0) is 17.4. The lowest BCUT2D eigenvalue weighted by Gasteiger charge is -2.08. The number of alkyl halides is 3. The summed E-state index contributed by atoms with van der Waals surface area (Å²) in [5, 5.41) is 5.87. The van der Waals surface area contributed by atoms with Gasteiger partial charge in [0.2, 0.25) is 5.91 Å². The quantitative estimate of drug-likeness (QED) is 0.823. The molecule has 124 valence electrons. The monoisotopic (exact) mass is 385 g/mol. The first-order valence-corrected chi connectivity index (χ1v) is 7.28. The molecule has 0 spiro atoms. The van der Waals surface area contributed by atoms with Crippen molar-refractivity contribution in [1.82, 2.24) is 9.78 Å². The molecule has 2 aromatic rings. The van der Waals surface area contributed by atoms with E-state index in [0.717, 1.165) is 4.68 Å². The molecule has 0 saturated heterocycles. The van der Waals surface area contributed by atoms with Crippen LogP contribution in [-0.2, 0) is 17.5 Å². The number of amides is 1. The first-order valence-electron chi connectivity index (χ1n) is 6.14. The summed E-state index contributed by atoms with van der Waals surface area (Å²) in [6.07, 6.45) is -4.69. The average Bonchev–Trinajstić information content (AvgIpc) is 2.70. The number of carbonyl (C=O) groups excluding carboxylic acids is 1. The molecule has 1 aromatic carbocycles. The highest BCUT2D eigenvalue weighted by molar-refractivity contribution is 6.36. The summed E-state index contributed by atoms with van der Waals surface area (Å²) in [4.78, 5) is 12.0. The summed E-state index contributed by atoms with van der Waals surface area (Å²) in [6.45, 7) is 0.897. The third-order valence-electron chi connectivity index (χ3n) is 2.90. The fourth-order valence-corrected chi connectivity index (χ4v) is 2.47. The standard InChI is InChI=1S/C13H9Cl3F3N3O/c1-6-11(16)12(13(17,18)19)21-22(6)5-10(23)20-9-3-2-7(14)4-8(9)15/h2-4H,5H2,1H3,(H,20,23). The van der Waals surface area contributed by atoms with Gasteiger partial charge < -0.3 is 5.32 Å². The van der Waals surface area contributed by atoms with Crippen LogP contribution in [0.15, 0.2) is 18.2 Å². The number of benzene rings is 1. The van der Waals surface area contributed by atoms with Gasteiger partial charge in [0, 0.05) is 5.02 Å². The minimum absolute atomic E-state index is 0.0383. The van der Waals surface area contributed by atoms with Crippen LogP contribution < -0.4 is 5.32 Å². The van der Waals surface area contributed by atoms with Gasteiger partial charge >= 0.3 is 6.18 Å². The molecule has 0 saturated carbocycles. The van der Waals surface area contributed by atoms with Crippen LogP contribution in [0.3, 0.4) is 0 Å². The van der Waals surface area contributed by atoms with Crippen LogP contribution in [0.2, 0.25) is 15.1 Å². The lowest BCUT2D eigenvalue weighted by Crippen LogP contribution is -2.21. The number of carbonyl (C=O) groups is 1. The second-order valence-electron chi connectivity index (χ2n) is 4.58. The number of hydrogen-bond donors (Lipinski definition) is 1. The molecular formula is C13H9Cl3F3N3O. The van der Waals surface area contributed by atoms with Crippen LogP contribution in [-0.4, -0.2) is 15.7 Å². The van der Waals surface area contributed by atoms with E-state index in [1.807, 2.05) is 0 Å². The van der Waals surface area contributed by atoms with Gasteiger partial charge in [0.1, 0.15) is 6.54 Å². The summed E-state index contributed by atoms with van der Waals surface area (Å²) in [6, 6.07) is 4.42. The van der Waals surface area contributed by atoms with Crippen LogP contribution in [0.25, 0.3) is 0 Å². The summed E-state index contributed by atoms with van der Waals surface area (Å²) >= 11 is 17.3. The molecule has 0 fully saturated rings. The first-order chi connectivity index (χ1) is 10.6. The maximum Gasteiger partial charge on any atom is 0.436 e. The minimum Gasteiger partial charge on any atom is -0.323 e. The second kappa shape index (κ2) is 6.59. The smallest absolute Gasteiger partial charge is 0.323 e. The zero-order valence-corrected chi connectivity index (χ0v) is 13.8. The first kappa shape index (κ1) is 17.9. The molecule has 1 N–H and O–H groups in total. The molecule has 10 heteroatoms. The van der Waals surface area contributed by atoms with Crippen molar-refractivity contribution in [3.63, 3.8) is 0 Å². The Morgan fingerprint density at radius 2 is 1.96 bits per heavy atom. The van der Waals surface area contributed by atoms with Crippen LogP contribution >= 0.6 is 34.8 Å². The van der Waals surface area contributed by atoms with Gasteiger partial charge in [0.25, 0.3) is 0 Å². The summed E-state index contributed by atoms with van der Waals surface area (Å²) in [5.74, 6) is -0.606. The molecule has 0 bridgehead atoms. The van der Waals surface area contributed by atoms with E-state index in [9.17, 15) is 18.0 Å². The SMILES string of the molecule is Cc1c(Cl)c(C(F)(F)F)nn1CC(=O)Nc1ccc(Cl)cc1Cl. The minimum atomic E-state index is -4.69. The molecule has 0 radical (unpaired) electrons. The highest BCUT2D eigenvalue weighted by Crippen LogP contribution is 2.35. The topological polar surface area (TPSA) is 46.9 Å². The molecule has 0 atom stereocenters. The van der Waals surface area contributed by atoms with Gasteiger partial charge in [-0.25, -0.2) is 0 Å². The van der Waals surface area contributed by atoms with Crippen LogP contribution in [0.5, 0.6) is 0 Å². The van der Waals surface area contributed by atoms with Gasteiger partial charge in [-0.3, -0.25) is 9.48 Å². The summed E-state index contributed by atoms with van der Waals surface area (Å²) in [7, 11) is 0. The van der Waals surface area contributed by atoms with E-state index in [1.165, 1.54) is 25.1 Å². The molecule has 0 aliphatic heterocycles. The Balaban J connectivity index is 2.18. The summed E-state index contributed by atoms with van der Waals surface area (Å²) in [5.41, 5.74) is -0.904. The Hall–Kier alpha value is -1.44. The van der Waals surface area contributed by atoms with E-state index in [2.05, 4.69) is 10.4 Å². The van der Waals surface area contributed by atoms with Crippen molar-refractivity contribution in [3.8, 4) is 0 Å². The number of nitrogens with zero attached hydrogens (tertiary/aromatic N) is 2. The van der Waals surface area contributed by atoms with Crippen molar-refractivity contribution >= 4 is 46.4 Å². The van der Waals surface area contributed by atoms with Crippen molar-refractivity contribution in [2.24, 2.45) is 0 Å². The third-order valence-corrected chi connectivity index (χ3v) is 3.90. The Morgan fingerprint density at radius 1 is 1.30 bits per heavy atom. The molecule has 2 rings (SSSR count). The normalized spacial score (nSPS) is 11.6. The van der Waals surface area contributed by atoms with E-state index in [0.29, 0.717) is 5.02 Å². The number of anilines is 1. The molecular weight excluding hydrogens is 378 g/mol. The predicted molar refractivity (Wildman–Crippen MR) is 82.1 cm³/mol. The second-order valence-corrected chi connectivity index (χ2v) is 5.80.